The van der Waals surface area contributed by atoms with Gasteiger partial charge in [0.05, 0.1) is 12.0 Å². The first-order valence-electron chi connectivity index (χ1n) is 10.3. The lowest BCUT2D eigenvalue weighted by Gasteiger charge is -2.34. The predicted octanol–water partition coefficient (Wildman–Crippen LogP) is 2.79. The van der Waals surface area contributed by atoms with Gasteiger partial charge in [0.1, 0.15) is 0 Å². The molecule has 0 saturated carbocycles. The van der Waals surface area contributed by atoms with Crippen molar-refractivity contribution >= 4 is 11.9 Å². The van der Waals surface area contributed by atoms with E-state index < -0.39 is 5.41 Å². The van der Waals surface area contributed by atoms with E-state index in [9.17, 15) is 9.59 Å². The Hall–Kier alpha value is -2.77. The van der Waals surface area contributed by atoms with Gasteiger partial charge in [0.2, 0.25) is 17.6 Å². The van der Waals surface area contributed by atoms with E-state index in [1.54, 1.807) is 24.5 Å². The summed E-state index contributed by atoms with van der Waals surface area (Å²) in [6.45, 7) is 4.20. The van der Waals surface area contributed by atoms with Gasteiger partial charge in [-0.1, -0.05) is 12.1 Å². The van der Waals surface area contributed by atoms with E-state index in [1.165, 1.54) is 0 Å². The van der Waals surface area contributed by atoms with E-state index in [1.807, 2.05) is 18.7 Å². The number of esters is 1. The van der Waals surface area contributed by atoms with Crippen LogP contribution in [0.4, 0.5) is 0 Å². The van der Waals surface area contributed by atoms with Crippen LogP contribution in [0.2, 0.25) is 0 Å². The molecule has 8 nitrogen and oxygen atoms in total. The summed E-state index contributed by atoms with van der Waals surface area (Å²) in [5.74, 6) is 0.805. The van der Waals surface area contributed by atoms with Crippen LogP contribution in [0.1, 0.15) is 51.8 Å². The normalized spacial score (nSPS) is 25.4. The second kappa shape index (κ2) is 7.93. The summed E-state index contributed by atoms with van der Waals surface area (Å²) in [5.41, 5.74) is 0.259. The van der Waals surface area contributed by atoms with Crippen molar-refractivity contribution in [2.45, 2.75) is 64.5 Å². The molecule has 4 rings (SSSR count). The number of carbonyl (C=O) groups is 2. The summed E-state index contributed by atoms with van der Waals surface area (Å²) < 4.78 is 10.7. The van der Waals surface area contributed by atoms with Gasteiger partial charge >= 0.3 is 5.97 Å². The minimum Gasteiger partial charge on any atom is -0.466 e. The summed E-state index contributed by atoms with van der Waals surface area (Å²) in [6, 6.07) is 3.66. The molecule has 29 heavy (non-hydrogen) atoms. The first kappa shape index (κ1) is 19.5. The number of ether oxygens (including phenoxy) is 1. The third kappa shape index (κ3) is 3.41. The fraction of sp³-hybridized carbons (Fsp3) is 0.571. The molecule has 8 heteroatoms. The Morgan fingerprint density at radius 3 is 2.79 bits per heavy atom. The zero-order valence-corrected chi connectivity index (χ0v) is 16.8. The fourth-order valence-electron chi connectivity index (χ4n) is 4.90. The van der Waals surface area contributed by atoms with Gasteiger partial charge in [0, 0.05) is 42.9 Å². The van der Waals surface area contributed by atoms with Crippen LogP contribution in [0.25, 0.3) is 11.4 Å². The predicted molar refractivity (Wildman–Crippen MR) is 103 cm³/mol. The highest BCUT2D eigenvalue weighted by Gasteiger charge is 2.60. The van der Waals surface area contributed by atoms with Crippen molar-refractivity contribution in [2.75, 3.05) is 6.61 Å². The summed E-state index contributed by atoms with van der Waals surface area (Å²) >= 11 is 0. The topological polar surface area (TPSA) is 98.4 Å². The molecule has 0 spiro atoms. The minimum atomic E-state index is -0.562. The quantitative estimate of drug-likeness (QED) is 0.661. The van der Waals surface area contributed by atoms with E-state index in [-0.39, 0.29) is 30.4 Å². The monoisotopic (exact) mass is 398 g/mol. The summed E-state index contributed by atoms with van der Waals surface area (Å²) in [4.78, 5) is 36.0. The number of nitrogens with zero attached hydrogens (tertiary/aromatic N) is 4. The van der Waals surface area contributed by atoms with Crippen molar-refractivity contribution in [3.8, 4) is 11.4 Å². The Labute approximate surface area is 169 Å². The van der Waals surface area contributed by atoms with E-state index >= 15 is 0 Å². The van der Waals surface area contributed by atoms with Gasteiger partial charge in [-0.05, 0) is 44.7 Å². The number of rotatable bonds is 7. The summed E-state index contributed by atoms with van der Waals surface area (Å²) in [7, 11) is 0. The number of aryl methyl sites for hydroxylation is 1. The van der Waals surface area contributed by atoms with Crippen molar-refractivity contribution in [1.82, 2.24) is 20.0 Å². The van der Waals surface area contributed by atoms with E-state index in [0.717, 1.165) is 18.4 Å². The lowest BCUT2D eigenvalue weighted by molar-refractivity contribution is -0.158. The Morgan fingerprint density at radius 2 is 2.07 bits per heavy atom. The molecule has 0 N–H and O–H groups in total. The average molecular weight is 398 g/mol. The van der Waals surface area contributed by atoms with Gasteiger partial charge in [0.25, 0.3) is 0 Å². The van der Waals surface area contributed by atoms with Crippen LogP contribution < -0.4 is 0 Å². The van der Waals surface area contributed by atoms with Crippen LogP contribution in [0.3, 0.4) is 0 Å². The van der Waals surface area contributed by atoms with Gasteiger partial charge in [-0.15, -0.1) is 0 Å². The number of hydrogen-bond donors (Lipinski definition) is 0. The Bertz CT molecular complexity index is 884. The van der Waals surface area contributed by atoms with Gasteiger partial charge in [-0.3, -0.25) is 14.6 Å². The molecule has 3 atom stereocenters. The number of pyridine rings is 1. The zero-order valence-electron chi connectivity index (χ0n) is 16.8. The molecule has 2 fully saturated rings. The maximum absolute atomic E-state index is 13.0. The van der Waals surface area contributed by atoms with Crippen LogP contribution in [-0.2, 0) is 20.7 Å². The molecule has 0 radical (unpaired) electrons. The highest BCUT2D eigenvalue weighted by Crippen LogP contribution is 2.52. The van der Waals surface area contributed by atoms with Crippen LogP contribution in [0.5, 0.6) is 0 Å². The maximum Gasteiger partial charge on any atom is 0.314 e. The molecule has 2 aliphatic heterocycles. The van der Waals surface area contributed by atoms with Crippen molar-refractivity contribution in [3.63, 3.8) is 0 Å². The third-order valence-corrected chi connectivity index (χ3v) is 6.30. The largest absolute Gasteiger partial charge is 0.466 e. The molecule has 0 aliphatic carbocycles. The summed E-state index contributed by atoms with van der Waals surface area (Å²) in [6.07, 6.45) is 7.20. The molecule has 154 valence electrons. The fourth-order valence-corrected chi connectivity index (χ4v) is 4.90. The van der Waals surface area contributed by atoms with Gasteiger partial charge in [-0.2, -0.15) is 4.98 Å². The van der Waals surface area contributed by atoms with Crippen LogP contribution in [0, 0.1) is 5.41 Å². The number of carbonyl (C=O) groups excluding carboxylic acids is 2. The smallest absolute Gasteiger partial charge is 0.314 e. The number of fused-ring (bicyclic) bond motifs is 2. The SMILES string of the molecule is CCOC(=O)[C@@]1(CC)C[C@H]2CC[C@@H]1N2C(=O)CCc1nc(-c2ccncc2)no1. The number of aromatic nitrogens is 3. The molecule has 0 unspecified atom stereocenters. The van der Waals surface area contributed by atoms with Crippen molar-refractivity contribution in [2.24, 2.45) is 5.41 Å². The lowest BCUT2D eigenvalue weighted by atomic mass is 9.72. The molecule has 2 aromatic rings. The van der Waals surface area contributed by atoms with Gasteiger partial charge in [0.15, 0.2) is 0 Å². The zero-order chi connectivity index (χ0) is 20.4. The molecule has 2 aromatic heterocycles. The number of amides is 1. The molecule has 4 heterocycles. The van der Waals surface area contributed by atoms with Crippen molar-refractivity contribution < 1.29 is 18.8 Å². The lowest BCUT2D eigenvalue weighted by Crippen LogP contribution is -2.45. The molecule has 2 bridgehead atoms. The van der Waals surface area contributed by atoms with Crippen LogP contribution in [0.15, 0.2) is 29.0 Å². The minimum absolute atomic E-state index is 0.0424. The van der Waals surface area contributed by atoms with Gasteiger partial charge in [-0.25, -0.2) is 0 Å². The average Bonchev–Trinajstić information content (AvgIpc) is 3.46. The number of hydrogen-bond acceptors (Lipinski definition) is 7. The molecular formula is C21H26N4O4. The highest BCUT2D eigenvalue weighted by molar-refractivity contribution is 5.83. The van der Waals surface area contributed by atoms with E-state index in [0.29, 0.717) is 37.6 Å². The third-order valence-electron chi connectivity index (χ3n) is 6.30. The molecule has 2 saturated heterocycles. The Morgan fingerprint density at radius 1 is 1.28 bits per heavy atom. The van der Waals surface area contributed by atoms with E-state index in [2.05, 4.69) is 15.1 Å². The first-order valence-corrected chi connectivity index (χ1v) is 10.3. The van der Waals surface area contributed by atoms with Crippen molar-refractivity contribution in [1.29, 1.82) is 0 Å². The van der Waals surface area contributed by atoms with Crippen molar-refractivity contribution in [3.05, 3.63) is 30.4 Å². The second-order valence-electron chi connectivity index (χ2n) is 7.73. The Kier molecular flexibility index (Phi) is 5.34. The standard InChI is InChI=1S/C21H26N4O4/c1-3-21(20(27)28-4-2)13-15-5-6-16(21)25(15)18(26)8-7-17-23-19(24-29-17)14-9-11-22-12-10-14/h9-12,15-16H,3-8,13H2,1-2H3/t15-,16+,21+/m1/s1. The molecule has 0 aromatic carbocycles. The maximum atomic E-state index is 13.0. The molecule has 2 aliphatic rings. The van der Waals surface area contributed by atoms with Crippen LogP contribution in [-0.4, -0.2) is 50.6 Å². The van der Waals surface area contributed by atoms with Crippen LogP contribution >= 0.6 is 0 Å². The van der Waals surface area contributed by atoms with Gasteiger partial charge < -0.3 is 14.2 Å². The summed E-state index contributed by atoms with van der Waals surface area (Å²) in [5, 5.41) is 3.98. The molecule has 1 amide bonds. The second-order valence-corrected chi connectivity index (χ2v) is 7.73. The molecular weight excluding hydrogens is 372 g/mol. The Balaban J connectivity index is 1.42. The highest BCUT2D eigenvalue weighted by atomic mass is 16.5. The first-order chi connectivity index (χ1) is 14.1. The van der Waals surface area contributed by atoms with E-state index in [4.69, 9.17) is 9.26 Å².